The molecule has 1 aliphatic carbocycles. The molecule has 0 saturated heterocycles. The van der Waals surface area contributed by atoms with Crippen molar-refractivity contribution in [3.63, 3.8) is 0 Å². The van der Waals surface area contributed by atoms with E-state index in [4.69, 9.17) is 10.5 Å². The first-order valence-corrected chi connectivity index (χ1v) is 7.38. The summed E-state index contributed by atoms with van der Waals surface area (Å²) in [7, 11) is 1.39. The van der Waals surface area contributed by atoms with E-state index >= 15 is 0 Å². The summed E-state index contributed by atoms with van der Waals surface area (Å²) >= 11 is 0. The van der Waals surface area contributed by atoms with Crippen LogP contribution in [0.25, 0.3) is 0 Å². The number of anilines is 2. The van der Waals surface area contributed by atoms with Gasteiger partial charge in [0.2, 0.25) is 0 Å². The number of benzene rings is 1. The molecule has 1 saturated carbocycles. The fourth-order valence-corrected chi connectivity index (χ4v) is 2.98. The summed E-state index contributed by atoms with van der Waals surface area (Å²) < 4.78 is 4.83. The number of hydrogen-bond donors (Lipinski definition) is 2. The summed E-state index contributed by atoms with van der Waals surface area (Å²) in [5.41, 5.74) is 7.68. The molecule has 0 spiro atoms. The Morgan fingerprint density at radius 1 is 1.45 bits per heavy atom. The number of ether oxygens (including phenoxy) is 1. The first kappa shape index (κ1) is 14.7. The van der Waals surface area contributed by atoms with Crippen LogP contribution in [0.3, 0.4) is 0 Å². The van der Waals surface area contributed by atoms with Gasteiger partial charge >= 0.3 is 5.97 Å². The highest BCUT2D eigenvalue weighted by atomic mass is 16.5. The van der Waals surface area contributed by atoms with Crippen molar-refractivity contribution in [3.05, 3.63) is 23.8 Å². The zero-order valence-electron chi connectivity index (χ0n) is 12.3. The molecule has 0 radical (unpaired) electrons. The minimum absolute atomic E-state index is 0.345. The number of nitrogens with one attached hydrogen (secondary N) is 1. The van der Waals surface area contributed by atoms with Crippen LogP contribution in [0.15, 0.2) is 18.2 Å². The fourth-order valence-electron chi connectivity index (χ4n) is 2.98. The van der Waals surface area contributed by atoms with Crippen molar-refractivity contribution in [2.75, 3.05) is 18.2 Å². The van der Waals surface area contributed by atoms with Crippen molar-refractivity contribution in [1.82, 2.24) is 0 Å². The molecule has 4 nitrogen and oxygen atoms in total. The van der Waals surface area contributed by atoms with Gasteiger partial charge in [-0.25, -0.2) is 4.79 Å². The molecule has 4 heteroatoms. The van der Waals surface area contributed by atoms with Crippen molar-refractivity contribution in [2.24, 2.45) is 5.92 Å². The minimum Gasteiger partial charge on any atom is -0.465 e. The van der Waals surface area contributed by atoms with Crippen molar-refractivity contribution in [1.29, 1.82) is 0 Å². The van der Waals surface area contributed by atoms with E-state index in [1.165, 1.54) is 32.8 Å². The summed E-state index contributed by atoms with van der Waals surface area (Å²) in [4.78, 5) is 11.8. The van der Waals surface area contributed by atoms with E-state index in [2.05, 4.69) is 12.2 Å². The first-order chi connectivity index (χ1) is 9.63. The lowest BCUT2D eigenvalue weighted by molar-refractivity contribution is 0.0602. The molecule has 2 rings (SSSR count). The average Bonchev–Trinajstić information content (AvgIpc) is 2.48. The highest BCUT2D eigenvalue weighted by Gasteiger charge is 2.22. The Morgan fingerprint density at radius 3 is 2.95 bits per heavy atom. The molecule has 2 atom stereocenters. The molecule has 3 N–H and O–H groups in total. The van der Waals surface area contributed by atoms with E-state index in [0.717, 1.165) is 18.0 Å². The van der Waals surface area contributed by atoms with E-state index in [1.807, 2.05) is 12.1 Å². The summed E-state index contributed by atoms with van der Waals surface area (Å²) in [5.74, 6) is 0.444. The smallest absolute Gasteiger partial charge is 0.340 e. The Balaban J connectivity index is 2.14. The van der Waals surface area contributed by atoms with Gasteiger partial charge in [0.05, 0.1) is 12.7 Å². The largest absolute Gasteiger partial charge is 0.465 e. The molecular formula is C16H24N2O2. The molecule has 0 bridgehead atoms. The van der Waals surface area contributed by atoms with Gasteiger partial charge in [-0.15, -0.1) is 0 Å². The second kappa shape index (κ2) is 6.64. The van der Waals surface area contributed by atoms with E-state index in [1.54, 1.807) is 6.07 Å². The van der Waals surface area contributed by atoms with Crippen molar-refractivity contribution in [3.8, 4) is 0 Å². The predicted molar refractivity (Wildman–Crippen MR) is 81.9 cm³/mol. The number of methoxy groups -OCH3 is 1. The van der Waals surface area contributed by atoms with Gasteiger partial charge in [-0.3, -0.25) is 0 Å². The summed E-state index contributed by atoms with van der Waals surface area (Å²) in [6.07, 6.45) is 6.12. The molecule has 0 heterocycles. The van der Waals surface area contributed by atoms with Gasteiger partial charge in [0.15, 0.2) is 0 Å². The Hall–Kier alpha value is -1.71. The molecule has 0 aromatic heterocycles. The summed E-state index contributed by atoms with van der Waals surface area (Å²) in [6.45, 7) is 2.25. The standard InChI is InChI=1S/C16H24N2O2/c1-3-11-5-4-6-13(9-11)18-15-8-7-12(17)10-14(15)16(19)20-2/h7-8,10-11,13,18H,3-6,9,17H2,1-2H3. The predicted octanol–water partition coefficient (Wildman–Crippen LogP) is 3.44. The fraction of sp³-hybridized carbons (Fsp3) is 0.562. The number of nitrogens with two attached hydrogens (primary N) is 1. The number of hydrogen-bond acceptors (Lipinski definition) is 4. The Labute approximate surface area is 120 Å². The lowest BCUT2D eigenvalue weighted by Crippen LogP contribution is -2.28. The maximum absolute atomic E-state index is 11.8. The van der Waals surface area contributed by atoms with Gasteiger partial charge in [0.25, 0.3) is 0 Å². The lowest BCUT2D eigenvalue weighted by atomic mass is 9.84. The van der Waals surface area contributed by atoms with Crippen molar-refractivity contribution < 1.29 is 9.53 Å². The maximum atomic E-state index is 11.8. The van der Waals surface area contributed by atoms with Crippen molar-refractivity contribution >= 4 is 17.3 Å². The normalized spacial score (nSPS) is 22.3. The topological polar surface area (TPSA) is 64.3 Å². The van der Waals surface area contributed by atoms with E-state index in [9.17, 15) is 4.79 Å². The number of carbonyl (C=O) groups excluding carboxylic acids is 1. The molecule has 1 aromatic carbocycles. The van der Waals surface area contributed by atoms with E-state index < -0.39 is 0 Å². The van der Waals surface area contributed by atoms with Crippen LogP contribution in [-0.4, -0.2) is 19.1 Å². The first-order valence-electron chi connectivity index (χ1n) is 7.38. The summed E-state index contributed by atoms with van der Waals surface area (Å²) in [6, 6.07) is 5.79. The zero-order valence-corrected chi connectivity index (χ0v) is 12.3. The van der Waals surface area contributed by atoms with Crippen molar-refractivity contribution in [2.45, 2.75) is 45.1 Å². The SMILES string of the molecule is CCC1CCCC(Nc2ccc(N)cc2C(=O)OC)C1. The molecule has 0 aliphatic heterocycles. The van der Waals surface area contributed by atoms with Gasteiger partial charge < -0.3 is 15.8 Å². The van der Waals surface area contributed by atoms with Gasteiger partial charge in [0, 0.05) is 17.4 Å². The lowest BCUT2D eigenvalue weighted by Gasteiger charge is -2.30. The van der Waals surface area contributed by atoms with Crippen LogP contribution in [0, 0.1) is 5.92 Å². The minimum atomic E-state index is -0.345. The molecular weight excluding hydrogens is 252 g/mol. The Morgan fingerprint density at radius 2 is 2.25 bits per heavy atom. The molecule has 1 aromatic rings. The van der Waals surface area contributed by atoms with Crippen LogP contribution in [0.5, 0.6) is 0 Å². The van der Waals surface area contributed by atoms with Crippen LogP contribution in [0.1, 0.15) is 49.4 Å². The molecule has 1 aliphatic rings. The molecule has 0 amide bonds. The van der Waals surface area contributed by atoms with Gasteiger partial charge in [-0.2, -0.15) is 0 Å². The third-order valence-electron chi connectivity index (χ3n) is 4.17. The van der Waals surface area contributed by atoms with Gasteiger partial charge in [-0.1, -0.05) is 26.2 Å². The van der Waals surface area contributed by atoms with Crippen LogP contribution in [0.4, 0.5) is 11.4 Å². The van der Waals surface area contributed by atoms with Crippen LogP contribution in [-0.2, 0) is 4.74 Å². The van der Waals surface area contributed by atoms with Gasteiger partial charge in [-0.05, 0) is 37.0 Å². The monoisotopic (exact) mass is 276 g/mol. The average molecular weight is 276 g/mol. The van der Waals surface area contributed by atoms with Crippen LogP contribution in [0.2, 0.25) is 0 Å². The van der Waals surface area contributed by atoms with E-state index in [-0.39, 0.29) is 5.97 Å². The quantitative estimate of drug-likeness (QED) is 0.653. The number of esters is 1. The second-order valence-electron chi connectivity index (χ2n) is 5.58. The van der Waals surface area contributed by atoms with Crippen LogP contribution < -0.4 is 11.1 Å². The van der Waals surface area contributed by atoms with E-state index in [0.29, 0.717) is 17.3 Å². The molecule has 1 fully saturated rings. The molecule has 2 unspecified atom stereocenters. The Kier molecular flexibility index (Phi) is 4.88. The van der Waals surface area contributed by atoms with Gasteiger partial charge in [0.1, 0.15) is 0 Å². The zero-order chi connectivity index (χ0) is 14.5. The third kappa shape index (κ3) is 3.44. The maximum Gasteiger partial charge on any atom is 0.340 e. The highest BCUT2D eigenvalue weighted by Crippen LogP contribution is 2.30. The second-order valence-corrected chi connectivity index (χ2v) is 5.58. The number of nitrogen functional groups attached to an aromatic ring is 1. The summed E-state index contributed by atoms with van der Waals surface area (Å²) in [5, 5.41) is 3.50. The van der Waals surface area contributed by atoms with Crippen LogP contribution >= 0.6 is 0 Å². The molecule has 110 valence electrons. The number of rotatable bonds is 4. The highest BCUT2D eigenvalue weighted by molar-refractivity contribution is 5.96. The third-order valence-corrected chi connectivity index (χ3v) is 4.17. The Bertz CT molecular complexity index is 474. The number of carbonyl (C=O) groups is 1. The molecule has 20 heavy (non-hydrogen) atoms.